The van der Waals surface area contributed by atoms with Crippen molar-refractivity contribution in [2.75, 3.05) is 19.5 Å². The van der Waals surface area contributed by atoms with Crippen molar-refractivity contribution in [1.29, 1.82) is 0 Å². The van der Waals surface area contributed by atoms with Gasteiger partial charge in [-0.15, -0.1) is 0 Å². The zero-order valence-electron chi connectivity index (χ0n) is 28.6. The number of ketones is 1. The highest BCUT2D eigenvalue weighted by molar-refractivity contribution is 6.36. The number of fused-ring (bicyclic) bond motifs is 3. The molecule has 2 aromatic heterocycles. The van der Waals surface area contributed by atoms with E-state index in [1.807, 2.05) is 6.92 Å². The van der Waals surface area contributed by atoms with Crippen LogP contribution in [0.2, 0.25) is 0 Å². The number of aromatic nitrogens is 1. The summed E-state index contributed by atoms with van der Waals surface area (Å²) in [7, 11) is 2.60. The van der Waals surface area contributed by atoms with Crippen LogP contribution in [0.5, 0.6) is 0 Å². The highest BCUT2D eigenvalue weighted by atomic mass is 16.5. The first-order chi connectivity index (χ1) is 23.9. The van der Waals surface area contributed by atoms with E-state index in [9.17, 15) is 33.6 Å². The van der Waals surface area contributed by atoms with E-state index in [1.165, 1.54) is 32.5 Å². The van der Waals surface area contributed by atoms with E-state index < -0.39 is 59.1 Å². The molecule has 1 aromatic carbocycles. The highest BCUT2D eigenvalue weighted by Crippen LogP contribution is 2.49. The Morgan fingerprint density at radius 3 is 2.54 bits per heavy atom. The van der Waals surface area contributed by atoms with E-state index in [1.54, 1.807) is 31.2 Å². The van der Waals surface area contributed by atoms with Gasteiger partial charge in [-0.1, -0.05) is 38.0 Å². The Balaban J connectivity index is 1.34. The molecule has 0 radical (unpaired) electrons. The van der Waals surface area contributed by atoms with Gasteiger partial charge in [0, 0.05) is 30.6 Å². The van der Waals surface area contributed by atoms with E-state index in [2.05, 4.69) is 21.3 Å². The Hall–Kier alpha value is -5.27. The molecule has 4 unspecified atom stereocenters. The summed E-state index contributed by atoms with van der Waals surface area (Å²) >= 11 is 0. The van der Waals surface area contributed by atoms with E-state index in [0.717, 1.165) is 36.7 Å². The van der Waals surface area contributed by atoms with Crippen molar-refractivity contribution >= 4 is 52.0 Å². The zero-order chi connectivity index (χ0) is 36.2. The van der Waals surface area contributed by atoms with Crippen LogP contribution in [0.3, 0.4) is 0 Å². The SMILES string of the molecule is CNC(=O)C(=O)CC[C@H](NC(=O)c1oc2ccccc2c1C)C(=O)Nc1cccn(CC(=O)NC2(C(=O)OC)C(C)CC3CCCC2C3)c1=O. The number of rotatable bonds is 12. The summed E-state index contributed by atoms with van der Waals surface area (Å²) in [6, 6.07) is 8.48. The standard InChI is InChI=1S/C36H43N5O9/c1-20-17-22-9-7-10-23(18-22)36(20,35(48)49-4)40-29(43)19-41-16-8-12-26(34(41)47)39-31(44)25(14-15-27(42)32(45)37-3)38-33(46)30-21(2)24-11-5-6-13-28(24)50-30/h5-6,8,11-13,16,20,22-23,25H,7,9-10,14-15,17-19H2,1-4H3,(H,37,45)(H,38,46)(H,39,44)(H,40,43)/t20?,22?,23?,25-,36?/m0/s1. The van der Waals surface area contributed by atoms with Crippen LogP contribution in [0, 0.1) is 24.7 Å². The number of hydrogen-bond acceptors (Lipinski definition) is 9. The van der Waals surface area contributed by atoms with Crippen molar-refractivity contribution in [3.8, 4) is 0 Å². The van der Waals surface area contributed by atoms with Crippen LogP contribution < -0.4 is 26.8 Å². The molecule has 2 aliphatic rings. The number of Topliss-reactive ketones (excluding diaryl/α,β-unsaturated/α-hetero) is 1. The Kier molecular flexibility index (Phi) is 10.9. The topological polar surface area (TPSA) is 195 Å². The number of benzene rings is 1. The van der Waals surface area contributed by atoms with Crippen molar-refractivity contribution in [3.05, 3.63) is 64.3 Å². The molecule has 50 heavy (non-hydrogen) atoms. The second kappa shape index (κ2) is 15.1. The minimum absolute atomic E-state index is 0.0320. The second-order valence-electron chi connectivity index (χ2n) is 13.2. The number of likely N-dealkylation sites (N-methyl/N-ethyl adjacent to an activating group) is 1. The first-order valence-electron chi connectivity index (χ1n) is 16.8. The van der Waals surface area contributed by atoms with E-state index in [4.69, 9.17) is 9.15 Å². The lowest BCUT2D eigenvalue weighted by Crippen LogP contribution is -2.67. The first-order valence-corrected chi connectivity index (χ1v) is 16.8. The maximum atomic E-state index is 13.6. The molecule has 2 fully saturated rings. The molecule has 2 bridgehead atoms. The molecule has 0 saturated heterocycles. The first kappa shape index (κ1) is 36.0. The predicted molar refractivity (Wildman–Crippen MR) is 182 cm³/mol. The molecule has 5 atom stereocenters. The lowest BCUT2D eigenvalue weighted by Gasteiger charge is -2.51. The molecule has 0 spiro atoms. The number of carbonyl (C=O) groups is 6. The summed E-state index contributed by atoms with van der Waals surface area (Å²) in [6.45, 7) is 3.20. The maximum absolute atomic E-state index is 13.6. The zero-order valence-corrected chi connectivity index (χ0v) is 28.6. The van der Waals surface area contributed by atoms with Crippen molar-refractivity contribution in [2.45, 2.75) is 76.9 Å². The Morgan fingerprint density at radius 2 is 1.82 bits per heavy atom. The monoisotopic (exact) mass is 689 g/mol. The Labute approximate surface area is 288 Å². The number of para-hydroxylation sites is 1. The lowest BCUT2D eigenvalue weighted by molar-refractivity contribution is -0.162. The number of nitrogens with one attached hydrogen (secondary N) is 4. The molecule has 3 aromatic rings. The number of ether oxygens (including phenoxy) is 1. The number of methoxy groups -OCH3 is 1. The summed E-state index contributed by atoms with van der Waals surface area (Å²) in [6.07, 6.45) is 5.15. The van der Waals surface area contributed by atoms with Gasteiger partial charge in [-0.25, -0.2) is 4.79 Å². The fraction of sp³-hybridized carbons (Fsp3) is 0.472. The van der Waals surface area contributed by atoms with Gasteiger partial charge in [0.25, 0.3) is 17.4 Å². The summed E-state index contributed by atoms with van der Waals surface area (Å²) in [4.78, 5) is 91.3. The van der Waals surface area contributed by atoms with Crippen molar-refractivity contribution in [3.63, 3.8) is 0 Å². The van der Waals surface area contributed by atoms with Gasteiger partial charge in [-0.05, 0) is 68.6 Å². The largest absolute Gasteiger partial charge is 0.467 e. The van der Waals surface area contributed by atoms with Crippen LogP contribution in [0.15, 0.2) is 51.8 Å². The molecule has 5 rings (SSSR count). The molecule has 4 N–H and O–H groups in total. The highest BCUT2D eigenvalue weighted by Gasteiger charge is 2.56. The van der Waals surface area contributed by atoms with Gasteiger partial charge < -0.3 is 35.0 Å². The van der Waals surface area contributed by atoms with Crippen LogP contribution >= 0.6 is 0 Å². The average Bonchev–Trinajstić information content (AvgIpc) is 3.45. The number of anilines is 1. The molecule has 2 heterocycles. The summed E-state index contributed by atoms with van der Waals surface area (Å²) in [5, 5.41) is 11.0. The summed E-state index contributed by atoms with van der Waals surface area (Å²) < 4.78 is 12.0. The van der Waals surface area contributed by atoms with Gasteiger partial charge in [0.05, 0.1) is 7.11 Å². The minimum Gasteiger partial charge on any atom is -0.467 e. The lowest BCUT2D eigenvalue weighted by atomic mass is 9.58. The number of furan rings is 1. The smallest absolute Gasteiger partial charge is 0.332 e. The van der Waals surface area contributed by atoms with Crippen LogP contribution in [0.1, 0.15) is 68.0 Å². The van der Waals surface area contributed by atoms with Gasteiger partial charge in [-0.3, -0.25) is 28.8 Å². The van der Waals surface area contributed by atoms with E-state index in [-0.39, 0.29) is 36.1 Å². The van der Waals surface area contributed by atoms with Crippen LogP contribution in [0.4, 0.5) is 5.69 Å². The Bertz CT molecular complexity index is 1880. The third kappa shape index (κ3) is 7.19. The predicted octanol–water partition coefficient (Wildman–Crippen LogP) is 2.61. The molecule has 14 heteroatoms. The van der Waals surface area contributed by atoms with Crippen molar-refractivity contribution in [2.24, 2.45) is 17.8 Å². The van der Waals surface area contributed by atoms with E-state index >= 15 is 0 Å². The molecule has 4 amide bonds. The van der Waals surface area contributed by atoms with Crippen LogP contribution in [-0.2, 0) is 35.3 Å². The van der Waals surface area contributed by atoms with Crippen molar-refractivity contribution < 1.29 is 37.9 Å². The number of esters is 1. The van der Waals surface area contributed by atoms with Gasteiger partial charge in [0.15, 0.2) is 5.76 Å². The molecule has 2 saturated carbocycles. The molecule has 2 aliphatic carbocycles. The molecular formula is C36H43N5O9. The number of amides is 4. The fourth-order valence-corrected chi connectivity index (χ4v) is 7.63. The molecular weight excluding hydrogens is 646 g/mol. The van der Waals surface area contributed by atoms with Gasteiger partial charge in [-0.2, -0.15) is 0 Å². The summed E-state index contributed by atoms with van der Waals surface area (Å²) in [5.41, 5.74) is -1.10. The van der Waals surface area contributed by atoms with Crippen molar-refractivity contribution in [1.82, 2.24) is 20.5 Å². The average molecular weight is 690 g/mol. The third-order valence-corrected chi connectivity index (χ3v) is 10.2. The number of pyridine rings is 1. The molecule has 0 aliphatic heterocycles. The van der Waals surface area contributed by atoms with Gasteiger partial charge >= 0.3 is 5.97 Å². The Morgan fingerprint density at radius 1 is 1.06 bits per heavy atom. The normalized spacial score (nSPS) is 21.8. The number of hydrogen-bond donors (Lipinski definition) is 4. The fourth-order valence-electron chi connectivity index (χ4n) is 7.63. The number of carbonyl (C=O) groups excluding carboxylic acids is 6. The minimum atomic E-state index is -1.35. The van der Waals surface area contributed by atoms with Gasteiger partial charge in [0.1, 0.15) is 29.4 Å². The van der Waals surface area contributed by atoms with Crippen LogP contribution in [0.25, 0.3) is 11.0 Å². The third-order valence-electron chi connectivity index (χ3n) is 10.2. The number of aryl methyl sites for hydroxylation is 1. The van der Waals surface area contributed by atoms with Crippen LogP contribution in [-0.4, -0.2) is 65.7 Å². The molecule has 14 nitrogen and oxygen atoms in total. The van der Waals surface area contributed by atoms with E-state index in [0.29, 0.717) is 22.5 Å². The van der Waals surface area contributed by atoms with Gasteiger partial charge in [0.2, 0.25) is 17.6 Å². The maximum Gasteiger partial charge on any atom is 0.332 e. The number of nitrogens with zero attached hydrogens (tertiary/aromatic N) is 1. The second-order valence-corrected chi connectivity index (χ2v) is 13.2. The quantitative estimate of drug-likeness (QED) is 0.163. The molecule has 266 valence electrons. The summed E-state index contributed by atoms with van der Waals surface area (Å²) in [5.74, 6) is -4.08.